The summed E-state index contributed by atoms with van der Waals surface area (Å²) < 4.78 is 22.6. The molecule has 0 amide bonds. The van der Waals surface area contributed by atoms with Crippen LogP contribution in [0.15, 0.2) is 449 Å². The van der Waals surface area contributed by atoms with Crippen LogP contribution in [0.3, 0.4) is 0 Å². The average molecular weight is 1560 g/mol. The minimum absolute atomic E-state index is 0.850. The monoisotopic (exact) mass is 1560 g/mol. The van der Waals surface area contributed by atoms with Crippen molar-refractivity contribution >= 4 is 121 Å². The number of ether oxygens (including phenoxy) is 2. The third-order valence-corrected chi connectivity index (χ3v) is 24.6. The van der Waals surface area contributed by atoms with Crippen molar-refractivity contribution in [3.8, 4) is 101 Å². The number of benzene rings is 19. The normalized spacial score (nSPS) is 11.9. The molecule has 0 unspecified atom stereocenters. The maximum atomic E-state index is 6.59. The maximum Gasteiger partial charge on any atom is 0.135 e. The van der Waals surface area contributed by atoms with Crippen LogP contribution in [-0.4, -0.2) is 18.3 Å². The fourth-order valence-corrected chi connectivity index (χ4v) is 19.2. The Bertz CT molecular complexity index is 7770. The maximum absolute atomic E-state index is 6.59. The minimum atomic E-state index is 0.850. The quantitative estimate of drug-likeness (QED) is 0.129. The first-order valence-corrected chi connectivity index (χ1v) is 41.6. The Labute approximate surface area is 704 Å². The highest BCUT2D eigenvalue weighted by molar-refractivity contribution is 6.15. The van der Waals surface area contributed by atoms with Gasteiger partial charge in [-0.05, 0) is 234 Å². The van der Waals surface area contributed by atoms with Gasteiger partial charge >= 0.3 is 0 Å². The van der Waals surface area contributed by atoms with Crippen molar-refractivity contribution in [3.63, 3.8) is 0 Å². The van der Waals surface area contributed by atoms with Crippen molar-refractivity contribution in [2.75, 3.05) is 9.80 Å². The van der Waals surface area contributed by atoms with Crippen molar-refractivity contribution in [2.24, 2.45) is 0 Å². The van der Waals surface area contributed by atoms with Gasteiger partial charge in [-0.3, -0.25) is 0 Å². The Morgan fingerprint density at radius 3 is 0.730 bits per heavy atom. The number of rotatable bonds is 11. The summed E-state index contributed by atoms with van der Waals surface area (Å²) in [5, 5.41) is 9.68. The topological polar surface area (TPSA) is 44.7 Å². The van der Waals surface area contributed by atoms with Crippen LogP contribution in [0.4, 0.5) is 34.1 Å². The number of para-hydroxylation sites is 12. The summed E-state index contributed by atoms with van der Waals surface area (Å²) in [6.07, 6.45) is 0. The largest absolute Gasteiger partial charge is 0.456 e. The zero-order valence-corrected chi connectivity index (χ0v) is 66.2. The summed E-state index contributed by atoms with van der Waals surface area (Å²) in [4.78, 5) is 4.83. The number of aromatic nitrogens is 4. The molecule has 0 spiro atoms. The summed E-state index contributed by atoms with van der Waals surface area (Å²) in [7, 11) is 0. The molecule has 122 heavy (non-hydrogen) atoms. The zero-order chi connectivity index (χ0) is 80.3. The van der Waals surface area contributed by atoms with E-state index in [-0.39, 0.29) is 0 Å². The molecule has 2 aliphatic heterocycles. The first-order chi connectivity index (χ1) is 60.5. The number of hydrogen-bond donors (Lipinski definition) is 0. The number of nitrogens with zero attached hydrogens (tertiary/aromatic N) is 6. The van der Waals surface area contributed by atoms with E-state index in [2.05, 4.69) is 453 Å². The Balaban J connectivity index is 0.000000139. The Hall–Kier alpha value is -16.4. The average Bonchev–Trinajstić information content (AvgIpc) is 1.47. The molecule has 0 saturated heterocycles. The smallest absolute Gasteiger partial charge is 0.135 e. The second-order valence-electron chi connectivity index (χ2n) is 31.5. The molecule has 4 aromatic heterocycles. The van der Waals surface area contributed by atoms with Crippen molar-refractivity contribution in [1.29, 1.82) is 0 Å². The molecule has 0 saturated carbocycles. The molecule has 0 atom stereocenters. The van der Waals surface area contributed by atoms with Crippen molar-refractivity contribution in [3.05, 3.63) is 449 Å². The lowest BCUT2D eigenvalue weighted by molar-refractivity contribution is 0.487. The second kappa shape index (κ2) is 28.7. The lowest BCUT2D eigenvalue weighted by Crippen LogP contribution is -2.10. The van der Waals surface area contributed by atoms with Gasteiger partial charge in [0.15, 0.2) is 0 Å². The molecule has 19 aromatic carbocycles. The van der Waals surface area contributed by atoms with Gasteiger partial charge in [-0.15, -0.1) is 0 Å². The Kier molecular flexibility index (Phi) is 16.5. The van der Waals surface area contributed by atoms with E-state index in [0.717, 1.165) is 130 Å². The molecule has 0 N–H and O–H groups in total. The van der Waals surface area contributed by atoms with E-state index < -0.39 is 0 Å². The molecule has 8 heteroatoms. The fourth-order valence-electron chi connectivity index (χ4n) is 19.2. The van der Waals surface area contributed by atoms with E-state index in [9.17, 15) is 0 Å². The number of anilines is 6. The van der Waals surface area contributed by atoms with Crippen LogP contribution in [0.2, 0.25) is 0 Å². The molecular weight excluding hydrogens is 1490 g/mol. The molecule has 0 fully saturated rings. The van der Waals surface area contributed by atoms with Crippen molar-refractivity contribution in [1.82, 2.24) is 18.3 Å². The molecule has 572 valence electrons. The van der Waals surface area contributed by atoms with E-state index in [1.165, 1.54) is 92.8 Å². The molecule has 0 aliphatic carbocycles. The molecule has 2 aliphatic rings. The molecule has 0 bridgehead atoms. The molecule has 25 rings (SSSR count). The number of fused-ring (bicyclic) bond motifs is 22. The second-order valence-corrected chi connectivity index (χ2v) is 31.5. The van der Waals surface area contributed by atoms with Gasteiger partial charge in [0.25, 0.3) is 0 Å². The van der Waals surface area contributed by atoms with Crippen LogP contribution in [-0.2, 0) is 0 Å². The van der Waals surface area contributed by atoms with Gasteiger partial charge in [0.2, 0.25) is 0 Å². The van der Waals surface area contributed by atoms with Gasteiger partial charge in [-0.25, -0.2) is 0 Å². The third kappa shape index (κ3) is 11.5. The van der Waals surface area contributed by atoms with Crippen LogP contribution in [0.25, 0.3) is 166 Å². The van der Waals surface area contributed by atoms with E-state index in [0.29, 0.717) is 0 Å². The van der Waals surface area contributed by atoms with Gasteiger partial charge in [-0.1, -0.05) is 249 Å². The summed E-state index contributed by atoms with van der Waals surface area (Å²) in [5.74, 6) is 3.45. The van der Waals surface area contributed by atoms with Gasteiger partial charge in [-0.2, -0.15) is 0 Å². The SMILES string of the molecule is c1ccc(-n2c3ccccc3c3cc(N(c4ccc(-c5ccc6c(c5)-c5ccccc5Oc5ccccc5-6)cc4)c4ccc5c(c4)c4ccccc4n5-c4ccccc4)ccc32)cc1.c1ccc(-n2c3ccccc3c3cc(N(c4ccc5c(c4)-c4ccccc4Oc4ccccc4-5)c4ccc5c(c4)c4ccccc4n5-c4ccccc4)ccc32)cc1. The van der Waals surface area contributed by atoms with Crippen LogP contribution in [0, 0.1) is 0 Å². The highest BCUT2D eigenvalue weighted by Gasteiger charge is 2.28. The van der Waals surface area contributed by atoms with Gasteiger partial charge < -0.3 is 37.5 Å². The van der Waals surface area contributed by atoms with Gasteiger partial charge in [0.05, 0.1) is 44.1 Å². The molecular formula is C114H74N6O2. The van der Waals surface area contributed by atoms with E-state index >= 15 is 0 Å². The van der Waals surface area contributed by atoms with Crippen LogP contribution in [0.1, 0.15) is 0 Å². The Morgan fingerprint density at radius 1 is 0.148 bits per heavy atom. The predicted octanol–water partition coefficient (Wildman–Crippen LogP) is 31.2. The van der Waals surface area contributed by atoms with Crippen LogP contribution in [0.5, 0.6) is 23.0 Å². The molecule has 0 radical (unpaired) electrons. The highest BCUT2D eigenvalue weighted by Crippen LogP contribution is 2.53. The lowest BCUT2D eigenvalue weighted by atomic mass is 9.91. The van der Waals surface area contributed by atoms with E-state index in [1.807, 2.05) is 24.3 Å². The summed E-state index contributed by atoms with van der Waals surface area (Å²) >= 11 is 0. The standard InChI is InChI=1S/C60H39N3O.C54H35N3O/c1-3-15-42(16-4-1)62-55-23-11-7-19-48(55)53-38-45(32-35-57(53)62)61(46-33-36-58-54(39-46)49-20-8-12-24-56(49)63(58)43-17-5-2-6-18-43)44-30-27-40(28-31-44)41-29-34-47-50-21-9-13-25-59(50)64-60-26-14-10-22-51(60)52(47)37-41;1-3-15-36(16-4-1)56-49-23-11-7-19-42(49)47-34-39(28-31-51(47)56)55(38-27-30-41-44-21-9-13-25-53(44)58-54-26-14-10-22-45(54)46(41)33-38)40-29-32-52-48(35-40)43-20-8-12-24-50(43)57(52)37-17-5-2-6-18-37/h1-39H;1-35H. The van der Waals surface area contributed by atoms with Crippen LogP contribution < -0.4 is 19.3 Å². The van der Waals surface area contributed by atoms with Gasteiger partial charge in [0.1, 0.15) is 23.0 Å². The van der Waals surface area contributed by atoms with Crippen LogP contribution >= 0.6 is 0 Å². The molecule has 8 nitrogen and oxygen atoms in total. The highest BCUT2D eigenvalue weighted by atomic mass is 16.5. The molecule has 6 heterocycles. The fraction of sp³-hybridized carbons (Fsp3) is 0. The first-order valence-electron chi connectivity index (χ1n) is 41.6. The third-order valence-electron chi connectivity index (χ3n) is 24.6. The zero-order valence-electron chi connectivity index (χ0n) is 66.2. The minimum Gasteiger partial charge on any atom is -0.456 e. The van der Waals surface area contributed by atoms with Gasteiger partial charge in [0, 0.05) is 122 Å². The van der Waals surface area contributed by atoms with E-state index in [4.69, 9.17) is 9.47 Å². The predicted molar refractivity (Wildman–Crippen MR) is 507 cm³/mol. The summed E-state index contributed by atoms with van der Waals surface area (Å²) in [5.41, 5.74) is 31.7. The summed E-state index contributed by atoms with van der Waals surface area (Å²) in [6.45, 7) is 0. The molecule has 23 aromatic rings. The van der Waals surface area contributed by atoms with Crippen molar-refractivity contribution in [2.45, 2.75) is 0 Å². The van der Waals surface area contributed by atoms with E-state index in [1.54, 1.807) is 0 Å². The number of hydrogen-bond acceptors (Lipinski definition) is 4. The summed E-state index contributed by atoms with van der Waals surface area (Å²) in [6, 6.07) is 161. The lowest BCUT2D eigenvalue weighted by Gasteiger charge is -2.27. The first kappa shape index (κ1) is 69.8. The Morgan fingerprint density at radius 2 is 0.385 bits per heavy atom. The van der Waals surface area contributed by atoms with Crippen molar-refractivity contribution < 1.29 is 9.47 Å².